The van der Waals surface area contributed by atoms with Gasteiger partial charge in [0, 0.05) is 6.04 Å². The summed E-state index contributed by atoms with van der Waals surface area (Å²) in [6.07, 6.45) is -3.78. The summed E-state index contributed by atoms with van der Waals surface area (Å²) in [6.45, 7) is 0.463. The Kier molecular flexibility index (Phi) is 2.80. The van der Waals surface area contributed by atoms with Gasteiger partial charge in [0.15, 0.2) is 5.92 Å². The van der Waals surface area contributed by atoms with Crippen LogP contribution in [0.4, 0.5) is 13.2 Å². The first-order valence-corrected chi connectivity index (χ1v) is 3.96. The van der Waals surface area contributed by atoms with Crippen molar-refractivity contribution >= 4 is 5.97 Å². The van der Waals surface area contributed by atoms with Crippen LogP contribution in [0.15, 0.2) is 0 Å². The molecule has 1 fully saturated rings. The molecule has 2 unspecified atom stereocenters. The molecule has 0 amide bonds. The quantitative estimate of drug-likeness (QED) is 0.694. The van der Waals surface area contributed by atoms with Gasteiger partial charge in [0.05, 0.1) is 0 Å². The van der Waals surface area contributed by atoms with Crippen LogP contribution in [0.2, 0.25) is 0 Å². The number of aliphatic carboxylic acids is 1. The van der Waals surface area contributed by atoms with E-state index < -0.39 is 24.1 Å². The Morgan fingerprint density at radius 1 is 1.54 bits per heavy atom. The summed E-state index contributed by atoms with van der Waals surface area (Å²) in [6, 6.07) is -0.961. The molecule has 0 aromatic carbocycles. The van der Waals surface area contributed by atoms with Crippen LogP contribution in [0.1, 0.15) is 12.8 Å². The van der Waals surface area contributed by atoms with E-state index in [4.69, 9.17) is 5.11 Å². The van der Waals surface area contributed by atoms with Crippen LogP contribution >= 0.6 is 0 Å². The van der Waals surface area contributed by atoms with Crippen molar-refractivity contribution in [2.24, 2.45) is 5.92 Å². The van der Waals surface area contributed by atoms with E-state index in [0.29, 0.717) is 13.0 Å². The Hall–Kier alpha value is -0.780. The number of alkyl halides is 3. The molecule has 3 nitrogen and oxygen atoms in total. The maximum atomic E-state index is 12.2. The van der Waals surface area contributed by atoms with Gasteiger partial charge in [-0.2, -0.15) is 13.2 Å². The fourth-order valence-corrected chi connectivity index (χ4v) is 1.54. The van der Waals surface area contributed by atoms with Gasteiger partial charge in [-0.15, -0.1) is 0 Å². The summed E-state index contributed by atoms with van der Waals surface area (Å²) in [4.78, 5) is 10.4. The Balaban J connectivity index is 2.72. The summed E-state index contributed by atoms with van der Waals surface area (Å²) in [7, 11) is 0. The van der Waals surface area contributed by atoms with E-state index in [0.717, 1.165) is 0 Å². The largest absolute Gasteiger partial charge is 0.481 e. The fraction of sp³-hybridized carbons (Fsp3) is 0.857. The average molecular weight is 197 g/mol. The van der Waals surface area contributed by atoms with Crippen molar-refractivity contribution in [3.8, 4) is 0 Å². The van der Waals surface area contributed by atoms with Crippen molar-refractivity contribution in [3.05, 3.63) is 0 Å². The Morgan fingerprint density at radius 3 is 2.46 bits per heavy atom. The second-order valence-electron chi connectivity index (χ2n) is 3.06. The van der Waals surface area contributed by atoms with Gasteiger partial charge in [-0.25, -0.2) is 0 Å². The number of halogens is 3. The van der Waals surface area contributed by atoms with E-state index in [2.05, 4.69) is 5.32 Å². The first-order chi connectivity index (χ1) is 5.93. The van der Waals surface area contributed by atoms with Crippen LogP contribution in [0, 0.1) is 5.92 Å². The smallest absolute Gasteiger partial charge is 0.403 e. The third kappa shape index (κ3) is 2.33. The maximum Gasteiger partial charge on any atom is 0.403 e. The van der Waals surface area contributed by atoms with Gasteiger partial charge >= 0.3 is 12.1 Å². The predicted molar refractivity (Wildman–Crippen MR) is 38.2 cm³/mol. The highest BCUT2D eigenvalue weighted by atomic mass is 19.4. The summed E-state index contributed by atoms with van der Waals surface area (Å²) in [5, 5.41) is 11.0. The van der Waals surface area contributed by atoms with Gasteiger partial charge in [0.2, 0.25) is 0 Å². The molecule has 6 heteroatoms. The first kappa shape index (κ1) is 10.3. The van der Waals surface area contributed by atoms with Crippen LogP contribution in [0.25, 0.3) is 0 Å². The first-order valence-electron chi connectivity index (χ1n) is 3.96. The van der Waals surface area contributed by atoms with Gasteiger partial charge in [0.25, 0.3) is 0 Å². The van der Waals surface area contributed by atoms with Crippen LogP contribution < -0.4 is 5.32 Å². The number of hydrogen-bond acceptors (Lipinski definition) is 2. The summed E-state index contributed by atoms with van der Waals surface area (Å²) in [5.41, 5.74) is 0. The molecule has 0 saturated carbocycles. The average Bonchev–Trinajstić information content (AvgIpc) is 2.34. The van der Waals surface area contributed by atoms with Crippen LogP contribution in [-0.2, 0) is 4.79 Å². The minimum atomic E-state index is -4.66. The van der Waals surface area contributed by atoms with Gasteiger partial charge in [-0.1, -0.05) is 0 Å². The molecule has 2 N–H and O–H groups in total. The number of rotatable bonds is 2. The molecule has 76 valence electrons. The molecule has 2 atom stereocenters. The van der Waals surface area contributed by atoms with Gasteiger partial charge in [-0.3, -0.25) is 4.79 Å². The number of carbonyl (C=O) groups is 1. The highest BCUT2D eigenvalue weighted by Crippen LogP contribution is 2.32. The molecule has 1 aliphatic heterocycles. The van der Waals surface area contributed by atoms with Crippen molar-refractivity contribution < 1.29 is 23.1 Å². The fourth-order valence-electron chi connectivity index (χ4n) is 1.54. The SMILES string of the molecule is O=C(O)C(C1CCCN1)C(F)(F)F. The second-order valence-corrected chi connectivity index (χ2v) is 3.06. The van der Waals surface area contributed by atoms with Gasteiger partial charge in [0.1, 0.15) is 0 Å². The minimum Gasteiger partial charge on any atom is -0.481 e. The zero-order chi connectivity index (χ0) is 10.1. The lowest BCUT2D eigenvalue weighted by Gasteiger charge is -2.21. The zero-order valence-corrected chi connectivity index (χ0v) is 6.77. The summed E-state index contributed by atoms with van der Waals surface area (Å²) >= 11 is 0. The molecule has 1 rings (SSSR count). The molecular formula is C7H10F3NO2. The van der Waals surface area contributed by atoms with E-state index in [-0.39, 0.29) is 6.42 Å². The number of hydrogen-bond donors (Lipinski definition) is 2. The van der Waals surface area contributed by atoms with Crippen molar-refractivity contribution in [2.45, 2.75) is 25.1 Å². The van der Waals surface area contributed by atoms with E-state index in [9.17, 15) is 18.0 Å². The Morgan fingerprint density at radius 2 is 2.15 bits per heavy atom. The van der Waals surface area contributed by atoms with Crippen molar-refractivity contribution in [1.29, 1.82) is 0 Å². The van der Waals surface area contributed by atoms with E-state index in [1.54, 1.807) is 0 Å². The topological polar surface area (TPSA) is 49.3 Å². The summed E-state index contributed by atoms with van der Waals surface area (Å²) < 4.78 is 36.6. The molecule has 0 aromatic heterocycles. The lowest BCUT2D eigenvalue weighted by molar-refractivity contribution is -0.198. The van der Waals surface area contributed by atoms with Crippen molar-refractivity contribution in [3.63, 3.8) is 0 Å². The highest BCUT2D eigenvalue weighted by Gasteiger charge is 2.50. The lowest BCUT2D eigenvalue weighted by Crippen LogP contribution is -2.44. The van der Waals surface area contributed by atoms with Crippen molar-refractivity contribution in [2.75, 3.05) is 6.54 Å². The molecule has 1 aliphatic rings. The lowest BCUT2D eigenvalue weighted by atomic mass is 9.98. The number of carboxylic acid groups (broad SMARTS) is 1. The standard InChI is InChI=1S/C7H10F3NO2/c8-7(9,10)5(6(12)13)4-2-1-3-11-4/h4-5,11H,1-3H2,(H,12,13). The van der Waals surface area contributed by atoms with Crippen molar-refractivity contribution in [1.82, 2.24) is 5.32 Å². The molecule has 1 saturated heterocycles. The number of carboxylic acids is 1. The van der Waals surface area contributed by atoms with Crippen LogP contribution in [-0.4, -0.2) is 29.8 Å². The Bertz CT molecular complexity index is 198. The maximum absolute atomic E-state index is 12.2. The Labute approximate surface area is 72.9 Å². The monoisotopic (exact) mass is 197 g/mol. The molecule has 13 heavy (non-hydrogen) atoms. The molecular weight excluding hydrogens is 187 g/mol. The highest BCUT2D eigenvalue weighted by molar-refractivity contribution is 5.72. The predicted octanol–water partition coefficient (Wildman–Crippen LogP) is 1.00. The van der Waals surface area contributed by atoms with E-state index >= 15 is 0 Å². The zero-order valence-electron chi connectivity index (χ0n) is 6.77. The third-order valence-corrected chi connectivity index (χ3v) is 2.12. The second kappa shape index (κ2) is 3.53. The molecule has 0 aromatic rings. The molecule has 0 spiro atoms. The van der Waals surface area contributed by atoms with Gasteiger partial charge in [-0.05, 0) is 19.4 Å². The number of nitrogens with one attached hydrogen (secondary N) is 1. The third-order valence-electron chi connectivity index (χ3n) is 2.12. The molecule has 1 heterocycles. The minimum absolute atomic E-state index is 0.274. The normalized spacial score (nSPS) is 25.9. The molecule has 0 radical (unpaired) electrons. The molecule has 0 bridgehead atoms. The van der Waals surface area contributed by atoms with E-state index in [1.165, 1.54) is 0 Å². The van der Waals surface area contributed by atoms with Gasteiger partial charge < -0.3 is 10.4 Å². The molecule has 0 aliphatic carbocycles. The van der Waals surface area contributed by atoms with Crippen LogP contribution in [0.3, 0.4) is 0 Å². The van der Waals surface area contributed by atoms with Crippen LogP contribution in [0.5, 0.6) is 0 Å². The summed E-state index contributed by atoms with van der Waals surface area (Å²) in [5.74, 6) is -4.07. The van der Waals surface area contributed by atoms with E-state index in [1.807, 2.05) is 0 Å².